The van der Waals surface area contributed by atoms with Crippen LogP contribution < -0.4 is 0 Å². The van der Waals surface area contributed by atoms with Gasteiger partial charge in [0, 0.05) is 12.4 Å². The van der Waals surface area contributed by atoms with Crippen LogP contribution in [0.2, 0.25) is 0 Å². The van der Waals surface area contributed by atoms with Gasteiger partial charge >= 0.3 is 0 Å². The fourth-order valence-corrected chi connectivity index (χ4v) is 0.716. The molecule has 1 aromatic rings. The molecular formula is C11H15N3. The minimum atomic E-state index is -0.0729. The fourth-order valence-electron chi connectivity index (χ4n) is 0.716. The number of aromatic nitrogens is 1. The second-order valence-corrected chi connectivity index (χ2v) is 3.70. The summed E-state index contributed by atoms with van der Waals surface area (Å²) in [5.74, 6) is 0. The van der Waals surface area contributed by atoms with Gasteiger partial charge in [0.2, 0.25) is 0 Å². The van der Waals surface area contributed by atoms with Crippen LogP contribution in [0.4, 0.5) is 5.69 Å². The van der Waals surface area contributed by atoms with E-state index >= 15 is 0 Å². The second kappa shape index (κ2) is 4.68. The van der Waals surface area contributed by atoms with Gasteiger partial charge in [-0.3, -0.25) is 4.98 Å². The fraction of sp³-hybridized carbons (Fsp3) is 0.455. The predicted molar refractivity (Wildman–Crippen MR) is 58.1 cm³/mol. The Labute approximate surface area is 84.6 Å². The van der Waals surface area contributed by atoms with Crippen LogP contribution in [0, 0.1) is 0 Å². The Hall–Kier alpha value is -1.47. The second-order valence-electron chi connectivity index (χ2n) is 3.70. The molecule has 0 saturated carbocycles. The molecule has 0 aliphatic heterocycles. The number of hydrogen-bond donors (Lipinski definition) is 0. The molecule has 74 valence electrons. The molecule has 0 aliphatic carbocycles. The van der Waals surface area contributed by atoms with E-state index in [0.717, 1.165) is 12.1 Å². The van der Waals surface area contributed by atoms with Crippen LogP contribution in [0.3, 0.4) is 0 Å². The smallest absolute Gasteiger partial charge is 0.0954 e. The molecule has 0 amide bonds. The molecule has 3 heteroatoms. The van der Waals surface area contributed by atoms with Crippen molar-refractivity contribution in [2.75, 3.05) is 0 Å². The molecule has 0 spiro atoms. The Morgan fingerprint density at radius 3 is 2.57 bits per heavy atom. The summed E-state index contributed by atoms with van der Waals surface area (Å²) < 4.78 is 0. The molecule has 1 aromatic heterocycles. The summed E-state index contributed by atoms with van der Waals surface area (Å²) in [5, 5.41) is 0. The van der Waals surface area contributed by atoms with Crippen LogP contribution in [-0.4, -0.2) is 16.5 Å². The van der Waals surface area contributed by atoms with Gasteiger partial charge in [0.25, 0.3) is 0 Å². The summed E-state index contributed by atoms with van der Waals surface area (Å²) in [4.78, 5) is 12.2. The molecule has 0 atom stereocenters. The molecule has 0 aliphatic rings. The van der Waals surface area contributed by atoms with Crippen molar-refractivity contribution < 1.29 is 0 Å². The number of rotatable bonds is 3. The number of aliphatic imine (C=N–C) groups is 2. The third-order valence-corrected chi connectivity index (χ3v) is 2.06. The molecule has 0 N–H and O–H groups in total. The Balaban J connectivity index is 2.74. The van der Waals surface area contributed by atoms with Gasteiger partial charge in [0.15, 0.2) is 0 Å². The van der Waals surface area contributed by atoms with Crippen molar-refractivity contribution in [3.63, 3.8) is 0 Å². The van der Waals surface area contributed by atoms with Gasteiger partial charge in [-0.2, -0.15) is 4.99 Å². The third kappa shape index (κ3) is 3.50. The lowest BCUT2D eigenvalue weighted by molar-refractivity contribution is 0.508. The lowest BCUT2D eigenvalue weighted by Crippen LogP contribution is -2.13. The maximum atomic E-state index is 4.23. The topological polar surface area (TPSA) is 37.6 Å². The zero-order valence-electron chi connectivity index (χ0n) is 8.86. The van der Waals surface area contributed by atoms with Crippen molar-refractivity contribution in [2.24, 2.45) is 9.98 Å². The standard InChI is InChI=1S/C11H15N3/c1-4-11(2,3)14-9-13-10-5-7-12-8-6-10/h5-8H,4H2,1-3H3. The molecule has 0 radical (unpaired) electrons. The lowest BCUT2D eigenvalue weighted by atomic mass is 10.0. The lowest BCUT2D eigenvalue weighted by Gasteiger charge is -2.12. The van der Waals surface area contributed by atoms with Crippen LogP contribution in [0.25, 0.3) is 0 Å². The highest BCUT2D eigenvalue weighted by atomic mass is 14.9. The van der Waals surface area contributed by atoms with Gasteiger partial charge in [-0.15, -0.1) is 0 Å². The van der Waals surface area contributed by atoms with E-state index in [1.807, 2.05) is 12.1 Å². The highest BCUT2D eigenvalue weighted by Gasteiger charge is 2.10. The highest BCUT2D eigenvalue weighted by Crippen LogP contribution is 2.12. The summed E-state index contributed by atoms with van der Waals surface area (Å²) >= 11 is 0. The Kier molecular flexibility index (Phi) is 3.55. The van der Waals surface area contributed by atoms with E-state index in [0.29, 0.717) is 0 Å². The first-order chi connectivity index (χ1) is 6.64. The first-order valence-corrected chi connectivity index (χ1v) is 4.72. The summed E-state index contributed by atoms with van der Waals surface area (Å²) in [7, 11) is 0. The molecule has 0 bridgehead atoms. The first kappa shape index (κ1) is 10.6. The number of pyridine rings is 1. The highest BCUT2D eigenvalue weighted by molar-refractivity contribution is 5.51. The van der Waals surface area contributed by atoms with Crippen molar-refractivity contribution in [3.05, 3.63) is 24.5 Å². The van der Waals surface area contributed by atoms with Crippen LogP contribution in [-0.2, 0) is 0 Å². The quantitative estimate of drug-likeness (QED) is 0.673. The van der Waals surface area contributed by atoms with Gasteiger partial charge in [-0.1, -0.05) is 6.92 Å². The average molecular weight is 189 g/mol. The molecule has 1 heterocycles. The molecule has 0 aromatic carbocycles. The van der Waals surface area contributed by atoms with E-state index in [1.54, 1.807) is 12.4 Å². The largest absolute Gasteiger partial charge is 0.265 e. The number of hydrogen-bond acceptors (Lipinski definition) is 3. The molecule has 0 saturated heterocycles. The van der Waals surface area contributed by atoms with E-state index in [-0.39, 0.29) is 5.54 Å². The molecular weight excluding hydrogens is 174 g/mol. The van der Waals surface area contributed by atoms with Crippen LogP contribution in [0.15, 0.2) is 34.5 Å². The van der Waals surface area contributed by atoms with Crippen molar-refractivity contribution in [1.82, 2.24) is 4.98 Å². The summed E-state index contributed by atoms with van der Waals surface area (Å²) in [5.41, 5.74) is 0.756. The number of nitrogens with zero attached hydrogens (tertiary/aromatic N) is 3. The van der Waals surface area contributed by atoms with Crippen molar-refractivity contribution in [2.45, 2.75) is 32.7 Å². The van der Waals surface area contributed by atoms with Gasteiger partial charge in [0.1, 0.15) is 0 Å². The molecule has 1 rings (SSSR count). The normalized spacial score (nSPS) is 10.5. The van der Waals surface area contributed by atoms with Crippen molar-refractivity contribution >= 4 is 11.7 Å². The van der Waals surface area contributed by atoms with Gasteiger partial charge in [-0.25, -0.2) is 4.99 Å². The predicted octanol–water partition coefficient (Wildman–Crippen LogP) is 3.08. The van der Waals surface area contributed by atoms with Crippen LogP contribution >= 0.6 is 0 Å². The Morgan fingerprint density at radius 2 is 2.00 bits per heavy atom. The average Bonchev–Trinajstić information content (AvgIpc) is 2.19. The maximum Gasteiger partial charge on any atom is 0.0954 e. The summed E-state index contributed by atoms with van der Waals surface area (Å²) in [6, 6.07) is 6.36. The maximum absolute atomic E-state index is 4.23. The van der Waals surface area contributed by atoms with Gasteiger partial charge < -0.3 is 0 Å². The molecule has 0 fully saturated rings. The van der Waals surface area contributed by atoms with E-state index in [4.69, 9.17) is 0 Å². The van der Waals surface area contributed by atoms with Crippen molar-refractivity contribution in [1.29, 1.82) is 0 Å². The van der Waals surface area contributed by atoms with E-state index in [2.05, 4.69) is 41.7 Å². The monoisotopic (exact) mass is 189 g/mol. The van der Waals surface area contributed by atoms with E-state index in [9.17, 15) is 0 Å². The molecule has 14 heavy (non-hydrogen) atoms. The summed E-state index contributed by atoms with van der Waals surface area (Å²) in [6.07, 6.45) is 4.38. The third-order valence-electron chi connectivity index (χ3n) is 2.06. The van der Waals surface area contributed by atoms with Crippen LogP contribution in [0.5, 0.6) is 0 Å². The molecule has 0 unspecified atom stereocenters. The SMILES string of the molecule is CCC(C)(C)N=C=Nc1ccncc1. The van der Waals surface area contributed by atoms with Gasteiger partial charge in [-0.05, 0) is 32.4 Å². The van der Waals surface area contributed by atoms with Crippen molar-refractivity contribution in [3.8, 4) is 0 Å². The first-order valence-electron chi connectivity index (χ1n) is 4.72. The van der Waals surface area contributed by atoms with E-state index in [1.165, 1.54) is 0 Å². The zero-order chi connectivity index (χ0) is 10.4. The van der Waals surface area contributed by atoms with Crippen LogP contribution in [0.1, 0.15) is 27.2 Å². The molecule has 3 nitrogen and oxygen atoms in total. The van der Waals surface area contributed by atoms with E-state index < -0.39 is 0 Å². The minimum Gasteiger partial charge on any atom is -0.265 e. The van der Waals surface area contributed by atoms with Gasteiger partial charge in [0.05, 0.1) is 17.2 Å². The Bertz CT molecular complexity index is 335. The Morgan fingerprint density at radius 1 is 1.36 bits per heavy atom. The summed E-state index contributed by atoms with van der Waals surface area (Å²) in [6.45, 7) is 6.21. The minimum absolute atomic E-state index is 0.0729. The zero-order valence-corrected chi connectivity index (χ0v) is 8.86.